The molecule has 0 aliphatic rings. The van der Waals surface area contributed by atoms with Crippen molar-refractivity contribution in [2.45, 2.75) is 0 Å². The van der Waals surface area contributed by atoms with Gasteiger partial charge in [0.2, 0.25) is 5.89 Å². The highest BCUT2D eigenvalue weighted by atomic mass is 32.1. The van der Waals surface area contributed by atoms with E-state index in [0.29, 0.717) is 5.89 Å². The summed E-state index contributed by atoms with van der Waals surface area (Å²) in [5.41, 5.74) is 9.01. The number of anilines is 3. The van der Waals surface area contributed by atoms with E-state index in [9.17, 15) is 0 Å². The SMILES string of the molecule is c1ccc(-n2c3ccccc3c3c4ccccc4c(N(c4cccc5nc(-c6ccc7ccccc7c6)oc45)c4cccc5c4sc4ccccc45)cc32)cc1. The van der Waals surface area contributed by atoms with Crippen molar-refractivity contribution in [3.8, 4) is 17.1 Å². The fourth-order valence-electron chi connectivity index (χ4n) is 8.71. The smallest absolute Gasteiger partial charge is 0.227 e. The fraction of sp³-hybridized carbons (Fsp3) is 0. The van der Waals surface area contributed by atoms with Crippen LogP contribution in [0.4, 0.5) is 17.1 Å². The second kappa shape index (κ2) is 12.2. The van der Waals surface area contributed by atoms with E-state index >= 15 is 0 Å². The molecule has 0 saturated heterocycles. The van der Waals surface area contributed by atoms with Crippen molar-refractivity contribution in [2.24, 2.45) is 0 Å². The van der Waals surface area contributed by atoms with Gasteiger partial charge in [-0.3, -0.25) is 0 Å². The first kappa shape index (κ1) is 31.2. The Hall–Kier alpha value is -7.21. The van der Waals surface area contributed by atoms with Gasteiger partial charge in [-0.25, -0.2) is 4.98 Å². The lowest BCUT2D eigenvalue weighted by Crippen LogP contribution is -2.11. The van der Waals surface area contributed by atoms with Crippen LogP contribution in [0.1, 0.15) is 0 Å². The number of oxazole rings is 1. The van der Waals surface area contributed by atoms with Crippen LogP contribution in [0.25, 0.3) is 91.8 Å². The Bertz CT molecular complexity index is 3500. The van der Waals surface area contributed by atoms with Crippen LogP contribution in [0.15, 0.2) is 192 Å². The van der Waals surface area contributed by atoms with Crippen LogP contribution in [-0.4, -0.2) is 9.55 Å². The Labute approximate surface area is 325 Å². The standard InChI is InChI=1S/C51H31N3OS/c1-2-16-35(17-3-1)53-42-24-10-8-21-40(42)48-38-20-7-6-18-36(38)45(31-46(48)53)54(44-26-12-22-39-37-19-9-11-27-47(37)56-50(39)44)43-25-13-23-41-49(43)55-51(52-41)34-29-28-32-14-4-5-15-33(32)30-34/h1-31H. The minimum Gasteiger partial charge on any atom is -0.434 e. The summed E-state index contributed by atoms with van der Waals surface area (Å²) >= 11 is 1.83. The highest BCUT2D eigenvalue weighted by Crippen LogP contribution is 2.50. The Morgan fingerprint density at radius 1 is 0.482 bits per heavy atom. The maximum atomic E-state index is 6.92. The average Bonchev–Trinajstić information content (AvgIpc) is 3.97. The third-order valence-electron chi connectivity index (χ3n) is 11.2. The number of hydrogen-bond donors (Lipinski definition) is 0. The Morgan fingerprint density at radius 3 is 2.07 bits per heavy atom. The number of fused-ring (bicyclic) bond motifs is 10. The van der Waals surface area contributed by atoms with Crippen LogP contribution in [0.3, 0.4) is 0 Å². The van der Waals surface area contributed by atoms with Gasteiger partial charge in [-0.2, -0.15) is 0 Å². The van der Waals surface area contributed by atoms with Crippen LogP contribution in [0, 0.1) is 0 Å². The number of hydrogen-bond acceptors (Lipinski definition) is 4. The average molecular weight is 734 g/mol. The second-order valence-corrected chi connectivity index (χ2v) is 15.4. The molecule has 5 heteroatoms. The normalized spacial score (nSPS) is 11.9. The first-order chi connectivity index (χ1) is 27.8. The fourth-order valence-corrected chi connectivity index (χ4v) is 9.91. The lowest BCUT2D eigenvalue weighted by atomic mass is 10.0. The molecule has 12 aromatic rings. The van der Waals surface area contributed by atoms with Crippen molar-refractivity contribution in [1.82, 2.24) is 9.55 Å². The first-order valence-corrected chi connectivity index (χ1v) is 19.7. The van der Waals surface area contributed by atoms with E-state index in [0.717, 1.165) is 55.7 Å². The van der Waals surface area contributed by atoms with E-state index in [-0.39, 0.29) is 0 Å². The molecule has 12 rings (SSSR count). The van der Waals surface area contributed by atoms with E-state index in [1.54, 1.807) is 0 Å². The quantitative estimate of drug-likeness (QED) is 0.177. The molecule has 3 aromatic heterocycles. The van der Waals surface area contributed by atoms with Gasteiger partial charge in [0.05, 0.1) is 32.8 Å². The van der Waals surface area contributed by atoms with E-state index in [1.807, 2.05) is 11.3 Å². The van der Waals surface area contributed by atoms with Crippen molar-refractivity contribution < 1.29 is 4.42 Å². The van der Waals surface area contributed by atoms with Gasteiger partial charge >= 0.3 is 0 Å². The summed E-state index contributed by atoms with van der Waals surface area (Å²) < 4.78 is 11.8. The second-order valence-electron chi connectivity index (χ2n) is 14.3. The van der Waals surface area contributed by atoms with E-state index < -0.39 is 0 Å². The number of nitrogens with zero attached hydrogens (tertiary/aromatic N) is 3. The topological polar surface area (TPSA) is 34.2 Å². The summed E-state index contributed by atoms with van der Waals surface area (Å²) in [4.78, 5) is 7.54. The number of aromatic nitrogens is 2. The summed E-state index contributed by atoms with van der Waals surface area (Å²) in [6, 6.07) is 67.2. The van der Waals surface area contributed by atoms with Gasteiger partial charge in [-0.15, -0.1) is 11.3 Å². The van der Waals surface area contributed by atoms with Crippen LogP contribution < -0.4 is 4.90 Å². The molecule has 0 aliphatic heterocycles. The summed E-state index contributed by atoms with van der Waals surface area (Å²) in [7, 11) is 0. The molecular weight excluding hydrogens is 703 g/mol. The number of para-hydroxylation sites is 3. The molecule has 0 radical (unpaired) electrons. The molecule has 0 saturated carbocycles. The molecule has 0 aliphatic carbocycles. The summed E-state index contributed by atoms with van der Waals surface area (Å²) in [5, 5.41) is 9.64. The zero-order chi connectivity index (χ0) is 36.7. The Balaban J connectivity index is 1.20. The molecule has 0 atom stereocenters. The molecule has 0 spiro atoms. The first-order valence-electron chi connectivity index (χ1n) is 18.9. The van der Waals surface area contributed by atoms with Crippen LogP contribution in [-0.2, 0) is 0 Å². The zero-order valence-corrected chi connectivity index (χ0v) is 30.9. The number of rotatable bonds is 5. The third kappa shape index (κ3) is 4.62. The van der Waals surface area contributed by atoms with Crippen molar-refractivity contribution >= 4 is 103 Å². The lowest BCUT2D eigenvalue weighted by Gasteiger charge is -2.28. The van der Waals surface area contributed by atoms with Gasteiger partial charge in [-0.1, -0.05) is 127 Å². The summed E-state index contributed by atoms with van der Waals surface area (Å²) in [5.74, 6) is 0.600. The van der Waals surface area contributed by atoms with Gasteiger partial charge in [0.1, 0.15) is 5.52 Å². The van der Waals surface area contributed by atoms with E-state index in [2.05, 4.69) is 198 Å². The molecule has 0 N–H and O–H groups in total. The molecule has 0 fully saturated rings. The molecule has 0 amide bonds. The molecule has 56 heavy (non-hydrogen) atoms. The van der Waals surface area contributed by atoms with Crippen molar-refractivity contribution in [3.05, 3.63) is 188 Å². The lowest BCUT2D eigenvalue weighted by molar-refractivity contribution is 0.620. The molecule has 0 bridgehead atoms. The molecule has 9 aromatic carbocycles. The monoisotopic (exact) mass is 733 g/mol. The Kier molecular flexibility index (Phi) is 6.76. The molecule has 4 nitrogen and oxygen atoms in total. The highest BCUT2D eigenvalue weighted by Gasteiger charge is 2.26. The van der Waals surface area contributed by atoms with Crippen molar-refractivity contribution in [1.29, 1.82) is 0 Å². The van der Waals surface area contributed by atoms with Crippen LogP contribution in [0.5, 0.6) is 0 Å². The number of thiophene rings is 1. The maximum absolute atomic E-state index is 6.92. The maximum Gasteiger partial charge on any atom is 0.227 e. The summed E-state index contributed by atoms with van der Waals surface area (Å²) in [6.07, 6.45) is 0. The van der Waals surface area contributed by atoms with Gasteiger partial charge in [-0.05, 0) is 76.8 Å². The van der Waals surface area contributed by atoms with Crippen LogP contribution in [0.2, 0.25) is 0 Å². The summed E-state index contributed by atoms with van der Waals surface area (Å²) in [6.45, 7) is 0. The highest BCUT2D eigenvalue weighted by molar-refractivity contribution is 7.26. The predicted octanol–water partition coefficient (Wildman–Crippen LogP) is 14.7. The largest absolute Gasteiger partial charge is 0.434 e. The van der Waals surface area contributed by atoms with E-state index in [4.69, 9.17) is 9.40 Å². The Morgan fingerprint density at radius 2 is 1.18 bits per heavy atom. The van der Waals surface area contributed by atoms with Crippen molar-refractivity contribution in [2.75, 3.05) is 4.90 Å². The van der Waals surface area contributed by atoms with Gasteiger partial charge in [0.25, 0.3) is 0 Å². The van der Waals surface area contributed by atoms with Gasteiger partial charge in [0.15, 0.2) is 5.58 Å². The van der Waals surface area contributed by atoms with Gasteiger partial charge in [0, 0.05) is 42.9 Å². The predicted molar refractivity (Wildman–Crippen MR) is 236 cm³/mol. The van der Waals surface area contributed by atoms with Gasteiger partial charge < -0.3 is 13.9 Å². The minimum atomic E-state index is 0.600. The minimum absolute atomic E-state index is 0.600. The molecular formula is C51H31N3OS. The van der Waals surface area contributed by atoms with E-state index in [1.165, 1.54) is 47.2 Å². The zero-order valence-electron chi connectivity index (χ0n) is 30.1. The third-order valence-corrected chi connectivity index (χ3v) is 12.4. The van der Waals surface area contributed by atoms with Crippen molar-refractivity contribution in [3.63, 3.8) is 0 Å². The molecule has 262 valence electrons. The number of benzene rings is 9. The van der Waals surface area contributed by atoms with Crippen LogP contribution >= 0.6 is 11.3 Å². The molecule has 0 unspecified atom stereocenters. The molecule has 3 heterocycles.